The van der Waals surface area contributed by atoms with Crippen LogP contribution in [0.3, 0.4) is 0 Å². The lowest BCUT2D eigenvalue weighted by atomic mass is 10.1. The second-order valence-electron chi connectivity index (χ2n) is 5.26. The third-order valence-corrected chi connectivity index (χ3v) is 3.82. The van der Waals surface area contributed by atoms with Crippen molar-refractivity contribution >= 4 is 28.5 Å². The Morgan fingerprint density at radius 2 is 1.88 bits per heavy atom. The van der Waals surface area contributed by atoms with E-state index >= 15 is 0 Å². The summed E-state index contributed by atoms with van der Waals surface area (Å²) in [5, 5.41) is 3.31. The van der Waals surface area contributed by atoms with Crippen LogP contribution in [0.5, 0.6) is 0 Å². The smallest absolute Gasteiger partial charge is 0.339 e. The van der Waals surface area contributed by atoms with E-state index in [0.29, 0.717) is 16.6 Å². The maximum absolute atomic E-state index is 14.0. The zero-order valence-electron chi connectivity index (χ0n) is 13.2. The molecule has 1 heterocycles. The predicted molar refractivity (Wildman–Crippen MR) is 88.6 cm³/mol. The summed E-state index contributed by atoms with van der Waals surface area (Å²) in [6, 6.07) is 12.8. The number of para-hydroxylation sites is 2. The second-order valence-corrected chi connectivity index (χ2v) is 5.26. The van der Waals surface area contributed by atoms with Crippen LogP contribution in [0.2, 0.25) is 0 Å². The van der Waals surface area contributed by atoms with Gasteiger partial charge in [0.2, 0.25) is 0 Å². The molecule has 0 aliphatic heterocycles. The van der Waals surface area contributed by atoms with Gasteiger partial charge in [0.15, 0.2) is 0 Å². The molecule has 0 radical (unpaired) electrons. The Balaban J connectivity index is 1.99. The topological polar surface area (TPSA) is 60.3 Å². The number of esters is 1. The van der Waals surface area contributed by atoms with Gasteiger partial charge in [0.1, 0.15) is 11.5 Å². The van der Waals surface area contributed by atoms with Crippen LogP contribution in [0.15, 0.2) is 48.5 Å². The van der Waals surface area contributed by atoms with Gasteiger partial charge < -0.3 is 14.6 Å². The molecule has 1 amide bonds. The summed E-state index contributed by atoms with van der Waals surface area (Å²) in [7, 11) is 2.89. The highest BCUT2D eigenvalue weighted by molar-refractivity contribution is 6.09. The third kappa shape index (κ3) is 2.62. The van der Waals surface area contributed by atoms with Gasteiger partial charge in [-0.15, -0.1) is 0 Å². The van der Waals surface area contributed by atoms with Gasteiger partial charge in [-0.05, 0) is 24.3 Å². The van der Waals surface area contributed by atoms with Crippen LogP contribution in [0.25, 0.3) is 10.9 Å². The van der Waals surface area contributed by atoms with E-state index in [-0.39, 0.29) is 11.3 Å². The molecule has 0 saturated carbocycles. The van der Waals surface area contributed by atoms with Crippen LogP contribution in [0.4, 0.5) is 10.1 Å². The lowest BCUT2D eigenvalue weighted by Gasteiger charge is -2.10. The molecular formula is C18H15FN2O3. The number of anilines is 1. The van der Waals surface area contributed by atoms with Gasteiger partial charge >= 0.3 is 5.97 Å². The zero-order valence-corrected chi connectivity index (χ0v) is 13.2. The average molecular weight is 326 g/mol. The van der Waals surface area contributed by atoms with E-state index in [1.807, 2.05) is 0 Å². The molecule has 3 rings (SSSR count). The number of nitrogens with one attached hydrogen (secondary N) is 1. The van der Waals surface area contributed by atoms with Crippen LogP contribution in [-0.2, 0) is 11.8 Å². The van der Waals surface area contributed by atoms with Gasteiger partial charge in [-0.2, -0.15) is 0 Å². The van der Waals surface area contributed by atoms with Gasteiger partial charge in [-0.3, -0.25) is 4.79 Å². The molecule has 0 aliphatic carbocycles. The van der Waals surface area contributed by atoms with E-state index in [0.717, 1.165) is 0 Å². The highest BCUT2D eigenvalue weighted by atomic mass is 19.1. The molecule has 24 heavy (non-hydrogen) atoms. The van der Waals surface area contributed by atoms with Crippen LogP contribution in [0.1, 0.15) is 20.8 Å². The van der Waals surface area contributed by atoms with Crippen molar-refractivity contribution in [1.29, 1.82) is 0 Å². The van der Waals surface area contributed by atoms with Crippen LogP contribution in [0, 0.1) is 5.82 Å². The number of ether oxygens (including phenoxy) is 1. The van der Waals surface area contributed by atoms with E-state index < -0.39 is 17.7 Å². The lowest BCUT2D eigenvalue weighted by Crippen LogP contribution is -2.18. The first-order valence-corrected chi connectivity index (χ1v) is 7.25. The number of carbonyl (C=O) groups is 2. The first-order chi connectivity index (χ1) is 11.5. The number of benzene rings is 2. The molecule has 5 nitrogen and oxygen atoms in total. The standard InChI is InChI=1S/C18H15FN2O3/c1-21-15(10-11-6-5-8-13(19)16(11)21)17(22)20-14-9-4-3-7-12(14)18(23)24-2/h3-10H,1-2H3,(H,20,22). The molecule has 3 aromatic rings. The Kier molecular flexibility index (Phi) is 4.04. The Labute approximate surface area is 137 Å². The molecule has 1 N–H and O–H groups in total. The molecular weight excluding hydrogens is 311 g/mol. The van der Waals surface area contributed by atoms with Gasteiger partial charge in [0.05, 0.1) is 23.9 Å². The molecule has 0 atom stereocenters. The predicted octanol–water partition coefficient (Wildman–Crippen LogP) is 3.36. The summed E-state index contributed by atoms with van der Waals surface area (Å²) < 4.78 is 20.1. The molecule has 6 heteroatoms. The quantitative estimate of drug-likeness (QED) is 0.751. The Hall–Kier alpha value is -3.15. The molecule has 0 unspecified atom stereocenters. The van der Waals surface area contributed by atoms with Crippen molar-refractivity contribution in [3.8, 4) is 0 Å². The fourth-order valence-electron chi connectivity index (χ4n) is 2.65. The molecule has 1 aromatic heterocycles. The van der Waals surface area contributed by atoms with Crippen molar-refractivity contribution in [3.05, 3.63) is 65.6 Å². The molecule has 0 saturated heterocycles. The number of hydrogen-bond donors (Lipinski definition) is 1. The highest BCUT2D eigenvalue weighted by Gasteiger charge is 2.18. The minimum absolute atomic E-state index is 0.248. The first kappa shape index (κ1) is 15.7. The van der Waals surface area contributed by atoms with Crippen LogP contribution in [-0.4, -0.2) is 23.6 Å². The van der Waals surface area contributed by atoms with Crippen LogP contribution >= 0.6 is 0 Å². The normalized spacial score (nSPS) is 10.6. The van der Waals surface area contributed by atoms with Gasteiger partial charge in [-0.1, -0.05) is 24.3 Å². The second kappa shape index (κ2) is 6.16. The molecule has 0 spiro atoms. The fraction of sp³-hybridized carbons (Fsp3) is 0.111. The summed E-state index contributed by atoms with van der Waals surface area (Å²) in [6.45, 7) is 0. The fourth-order valence-corrected chi connectivity index (χ4v) is 2.65. The van der Waals surface area contributed by atoms with E-state index in [1.165, 1.54) is 17.7 Å². The summed E-state index contributed by atoms with van der Waals surface area (Å²) in [5.41, 5.74) is 1.22. The molecule has 0 aliphatic rings. The van der Waals surface area contributed by atoms with Crippen molar-refractivity contribution < 1.29 is 18.7 Å². The number of halogens is 1. The number of aromatic nitrogens is 1. The number of aryl methyl sites for hydroxylation is 1. The van der Waals surface area contributed by atoms with E-state index in [2.05, 4.69) is 5.32 Å². The largest absolute Gasteiger partial charge is 0.465 e. The maximum Gasteiger partial charge on any atom is 0.339 e. The molecule has 0 bridgehead atoms. The van der Waals surface area contributed by atoms with Crippen LogP contribution < -0.4 is 5.32 Å². The highest BCUT2D eigenvalue weighted by Crippen LogP contribution is 2.23. The number of carbonyl (C=O) groups excluding carboxylic acids is 2. The minimum atomic E-state index is -0.547. The minimum Gasteiger partial charge on any atom is -0.465 e. The van der Waals surface area contributed by atoms with E-state index in [4.69, 9.17) is 4.74 Å². The van der Waals surface area contributed by atoms with Gasteiger partial charge in [-0.25, -0.2) is 9.18 Å². The summed E-state index contributed by atoms with van der Waals surface area (Å²) in [4.78, 5) is 24.3. The molecule has 0 fully saturated rings. The third-order valence-electron chi connectivity index (χ3n) is 3.82. The van der Waals surface area contributed by atoms with Gasteiger partial charge in [0, 0.05) is 12.4 Å². The number of rotatable bonds is 3. The monoisotopic (exact) mass is 326 g/mol. The number of nitrogens with zero attached hydrogens (tertiary/aromatic N) is 1. The van der Waals surface area contributed by atoms with E-state index in [9.17, 15) is 14.0 Å². The Morgan fingerprint density at radius 3 is 2.58 bits per heavy atom. The SMILES string of the molecule is COC(=O)c1ccccc1NC(=O)c1cc2cccc(F)c2n1C. The first-order valence-electron chi connectivity index (χ1n) is 7.25. The number of amides is 1. The van der Waals surface area contributed by atoms with Crippen molar-refractivity contribution in [1.82, 2.24) is 4.57 Å². The number of methoxy groups -OCH3 is 1. The van der Waals surface area contributed by atoms with Crippen molar-refractivity contribution in [2.75, 3.05) is 12.4 Å². The Bertz CT molecular complexity index is 947. The molecule has 2 aromatic carbocycles. The summed E-state index contributed by atoms with van der Waals surface area (Å²) in [6.07, 6.45) is 0. The summed E-state index contributed by atoms with van der Waals surface area (Å²) >= 11 is 0. The van der Waals surface area contributed by atoms with Gasteiger partial charge in [0.25, 0.3) is 5.91 Å². The van der Waals surface area contributed by atoms with E-state index in [1.54, 1.807) is 49.5 Å². The number of fused-ring (bicyclic) bond motifs is 1. The van der Waals surface area contributed by atoms with Crippen molar-refractivity contribution in [2.24, 2.45) is 7.05 Å². The maximum atomic E-state index is 14.0. The van der Waals surface area contributed by atoms with Crippen molar-refractivity contribution in [3.63, 3.8) is 0 Å². The average Bonchev–Trinajstić information content (AvgIpc) is 2.93. The molecule has 122 valence electrons. The zero-order chi connectivity index (χ0) is 17.3. The summed E-state index contributed by atoms with van der Waals surface area (Å²) in [5.74, 6) is -1.39. The number of hydrogen-bond acceptors (Lipinski definition) is 3. The Morgan fingerprint density at radius 1 is 1.12 bits per heavy atom. The lowest BCUT2D eigenvalue weighted by molar-refractivity contribution is 0.0602. The van der Waals surface area contributed by atoms with Crippen molar-refractivity contribution in [2.45, 2.75) is 0 Å².